The molecule has 2 aromatic heterocycles. The molecule has 0 aliphatic heterocycles. The third-order valence-corrected chi connectivity index (χ3v) is 10.8. The number of furan rings is 2. The molecule has 0 atom stereocenters. The maximum atomic E-state index is 6.59. The van der Waals surface area contributed by atoms with Crippen LogP contribution in [0.2, 0.25) is 0 Å². The average Bonchev–Trinajstić information content (AvgIpc) is 3.83. The summed E-state index contributed by atoms with van der Waals surface area (Å²) in [7, 11) is 0. The maximum Gasteiger partial charge on any atom is 0.137 e. The van der Waals surface area contributed by atoms with Crippen molar-refractivity contribution in [3.05, 3.63) is 206 Å². The highest BCUT2D eigenvalue weighted by molar-refractivity contribution is 6.14. The third kappa shape index (κ3) is 5.39. The van der Waals surface area contributed by atoms with E-state index in [9.17, 15) is 0 Å². The quantitative estimate of drug-likeness (QED) is 0.164. The van der Waals surface area contributed by atoms with Gasteiger partial charge in [0.15, 0.2) is 0 Å². The van der Waals surface area contributed by atoms with Crippen LogP contribution in [0.4, 0.5) is 34.1 Å². The Balaban J connectivity index is 1.10. The molecule has 2 heterocycles. The molecule has 4 nitrogen and oxygen atoms in total. The van der Waals surface area contributed by atoms with Crippen LogP contribution in [0.5, 0.6) is 0 Å². The Morgan fingerprint density at radius 1 is 0.286 bits per heavy atom. The molecule has 56 heavy (non-hydrogen) atoms. The molecule has 11 aromatic rings. The number of anilines is 6. The fourth-order valence-corrected chi connectivity index (χ4v) is 8.18. The SMILES string of the molecule is c1ccc(N(c2ccccc2)c2cccc3oc4ccc(N(c5ccc(-c6ccc7ccccc7c6)cc5)c5ccc6c(c5)oc5ccccc56)cc4c23)cc1. The summed E-state index contributed by atoms with van der Waals surface area (Å²) >= 11 is 0. The summed E-state index contributed by atoms with van der Waals surface area (Å²) in [4.78, 5) is 4.62. The highest BCUT2D eigenvalue weighted by atomic mass is 16.3. The van der Waals surface area contributed by atoms with E-state index in [1.54, 1.807) is 0 Å². The van der Waals surface area contributed by atoms with Crippen LogP contribution >= 0.6 is 0 Å². The van der Waals surface area contributed by atoms with E-state index in [2.05, 4.69) is 204 Å². The van der Waals surface area contributed by atoms with Crippen molar-refractivity contribution < 1.29 is 8.83 Å². The Labute approximate surface area is 323 Å². The summed E-state index contributed by atoms with van der Waals surface area (Å²) in [5.41, 5.74) is 12.0. The molecule has 0 spiro atoms. The lowest BCUT2D eigenvalue weighted by molar-refractivity contribution is 0.668. The third-order valence-electron chi connectivity index (χ3n) is 10.8. The van der Waals surface area contributed by atoms with Gasteiger partial charge in [-0.05, 0) is 113 Å². The van der Waals surface area contributed by atoms with Crippen LogP contribution in [0.1, 0.15) is 0 Å². The van der Waals surface area contributed by atoms with Crippen LogP contribution in [0.15, 0.2) is 215 Å². The lowest BCUT2D eigenvalue weighted by Crippen LogP contribution is -2.10. The highest BCUT2D eigenvalue weighted by Crippen LogP contribution is 2.45. The van der Waals surface area contributed by atoms with Crippen LogP contribution in [0.3, 0.4) is 0 Å². The number of rotatable bonds is 7. The molecule has 0 N–H and O–H groups in total. The van der Waals surface area contributed by atoms with Gasteiger partial charge in [0.25, 0.3) is 0 Å². The predicted octanol–water partition coefficient (Wildman–Crippen LogP) is 15.2. The van der Waals surface area contributed by atoms with Crippen molar-refractivity contribution in [2.45, 2.75) is 0 Å². The summed E-state index contributed by atoms with van der Waals surface area (Å²) < 4.78 is 13.0. The van der Waals surface area contributed by atoms with Gasteiger partial charge in [-0.1, -0.05) is 109 Å². The smallest absolute Gasteiger partial charge is 0.137 e. The van der Waals surface area contributed by atoms with E-state index in [1.165, 1.54) is 16.3 Å². The van der Waals surface area contributed by atoms with Gasteiger partial charge in [-0.25, -0.2) is 0 Å². The zero-order valence-electron chi connectivity index (χ0n) is 30.3. The van der Waals surface area contributed by atoms with Gasteiger partial charge in [0.2, 0.25) is 0 Å². The second kappa shape index (κ2) is 13.1. The molecular weight excluding hydrogens is 685 g/mol. The van der Waals surface area contributed by atoms with E-state index >= 15 is 0 Å². The Kier molecular flexibility index (Phi) is 7.46. The molecule has 0 saturated carbocycles. The molecular formula is C52H34N2O2. The maximum absolute atomic E-state index is 6.59. The molecule has 0 radical (unpaired) electrons. The first kappa shape index (κ1) is 31.9. The second-order valence-electron chi connectivity index (χ2n) is 14.2. The molecule has 0 saturated heterocycles. The largest absolute Gasteiger partial charge is 0.456 e. The number of nitrogens with zero attached hydrogens (tertiary/aromatic N) is 2. The summed E-state index contributed by atoms with van der Waals surface area (Å²) in [6.07, 6.45) is 0. The van der Waals surface area contributed by atoms with Gasteiger partial charge >= 0.3 is 0 Å². The normalized spacial score (nSPS) is 11.6. The Morgan fingerprint density at radius 2 is 0.857 bits per heavy atom. The van der Waals surface area contributed by atoms with Crippen LogP contribution in [-0.4, -0.2) is 0 Å². The standard InChI is InChI=1S/C52H34N2O2/c1-3-14-39(15-4-1)54(40-16-5-2-6-17-40)47-19-11-21-50-52(47)46-33-42(29-31-49(46)55-50)53(43-28-30-45-44-18-9-10-20-48(44)56-51(45)34-43)41-26-24-36(25-27-41)38-23-22-35-12-7-8-13-37(35)32-38/h1-34H. The first-order valence-corrected chi connectivity index (χ1v) is 18.9. The number of fused-ring (bicyclic) bond motifs is 7. The van der Waals surface area contributed by atoms with Crippen molar-refractivity contribution in [1.82, 2.24) is 0 Å². The van der Waals surface area contributed by atoms with Crippen molar-refractivity contribution in [2.24, 2.45) is 0 Å². The molecule has 0 fully saturated rings. The lowest BCUT2D eigenvalue weighted by Gasteiger charge is -2.27. The molecule has 9 aromatic carbocycles. The molecule has 0 aliphatic carbocycles. The average molecular weight is 719 g/mol. The van der Waals surface area contributed by atoms with Gasteiger partial charge in [0.05, 0.1) is 11.1 Å². The van der Waals surface area contributed by atoms with Crippen molar-refractivity contribution in [1.29, 1.82) is 0 Å². The fourth-order valence-electron chi connectivity index (χ4n) is 8.18. The molecule has 0 aliphatic rings. The number of hydrogen-bond donors (Lipinski definition) is 0. The van der Waals surface area contributed by atoms with E-state index in [0.29, 0.717) is 0 Å². The summed E-state index contributed by atoms with van der Waals surface area (Å²) in [6.45, 7) is 0. The number of hydrogen-bond acceptors (Lipinski definition) is 4. The van der Waals surface area contributed by atoms with Gasteiger partial charge in [0.1, 0.15) is 22.3 Å². The molecule has 0 unspecified atom stereocenters. The minimum atomic E-state index is 0.830. The van der Waals surface area contributed by atoms with Gasteiger partial charge in [0, 0.05) is 50.7 Å². The zero-order valence-corrected chi connectivity index (χ0v) is 30.3. The fraction of sp³-hybridized carbons (Fsp3) is 0. The number of benzene rings is 9. The van der Waals surface area contributed by atoms with Crippen molar-refractivity contribution in [2.75, 3.05) is 9.80 Å². The van der Waals surface area contributed by atoms with E-state index in [-0.39, 0.29) is 0 Å². The van der Waals surface area contributed by atoms with Crippen LogP contribution in [0.25, 0.3) is 65.8 Å². The van der Waals surface area contributed by atoms with Gasteiger partial charge in [-0.15, -0.1) is 0 Å². The Morgan fingerprint density at radius 3 is 1.66 bits per heavy atom. The molecule has 264 valence electrons. The zero-order chi connectivity index (χ0) is 37.0. The molecule has 0 bridgehead atoms. The summed E-state index contributed by atoms with van der Waals surface area (Å²) in [5, 5.41) is 6.76. The molecule has 11 rings (SSSR count). The minimum absolute atomic E-state index is 0.830. The topological polar surface area (TPSA) is 32.8 Å². The van der Waals surface area contributed by atoms with Crippen LogP contribution in [0, 0.1) is 0 Å². The first-order chi connectivity index (χ1) is 27.7. The van der Waals surface area contributed by atoms with Crippen LogP contribution < -0.4 is 9.80 Å². The summed E-state index contributed by atoms with van der Waals surface area (Å²) in [5.74, 6) is 0. The van der Waals surface area contributed by atoms with E-state index in [0.717, 1.165) is 83.6 Å². The Hall–Kier alpha value is -7.56. The van der Waals surface area contributed by atoms with Crippen molar-refractivity contribution in [3.63, 3.8) is 0 Å². The van der Waals surface area contributed by atoms with Crippen LogP contribution in [-0.2, 0) is 0 Å². The molecule has 4 heteroatoms. The second-order valence-corrected chi connectivity index (χ2v) is 14.2. The van der Waals surface area contributed by atoms with Gasteiger partial charge < -0.3 is 18.6 Å². The monoisotopic (exact) mass is 718 g/mol. The Bertz CT molecular complexity index is 3160. The predicted molar refractivity (Wildman–Crippen MR) is 233 cm³/mol. The minimum Gasteiger partial charge on any atom is -0.456 e. The number of para-hydroxylation sites is 3. The van der Waals surface area contributed by atoms with Crippen molar-refractivity contribution in [3.8, 4) is 11.1 Å². The first-order valence-electron chi connectivity index (χ1n) is 18.9. The summed E-state index contributed by atoms with van der Waals surface area (Å²) in [6, 6.07) is 72.6. The van der Waals surface area contributed by atoms with E-state index < -0.39 is 0 Å². The lowest BCUT2D eigenvalue weighted by atomic mass is 10.0. The highest BCUT2D eigenvalue weighted by Gasteiger charge is 2.22. The van der Waals surface area contributed by atoms with Crippen molar-refractivity contribution >= 4 is 88.8 Å². The van der Waals surface area contributed by atoms with E-state index in [1.807, 2.05) is 12.1 Å². The molecule has 0 amide bonds. The van der Waals surface area contributed by atoms with Gasteiger partial charge in [-0.3, -0.25) is 0 Å². The van der Waals surface area contributed by atoms with Gasteiger partial charge in [-0.2, -0.15) is 0 Å². The van der Waals surface area contributed by atoms with E-state index in [4.69, 9.17) is 8.83 Å².